The molecule has 0 atom stereocenters. The van der Waals surface area contributed by atoms with E-state index in [0.717, 1.165) is 30.8 Å². The van der Waals surface area contributed by atoms with E-state index in [1.54, 1.807) is 60.7 Å². The molecule has 0 spiro atoms. The number of ether oxygens (including phenoxy) is 1. The fourth-order valence-corrected chi connectivity index (χ4v) is 5.75. The highest BCUT2D eigenvalue weighted by Crippen LogP contribution is 2.28. The lowest BCUT2D eigenvalue weighted by atomic mass is 10.2. The maximum absolute atomic E-state index is 13.7. The molecule has 4 rings (SSSR count). The summed E-state index contributed by atoms with van der Waals surface area (Å²) in [5, 5.41) is 0.583. The average molecular weight is 542 g/mol. The first-order valence-corrected chi connectivity index (χ1v) is 14.1. The second-order valence-corrected chi connectivity index (χ2v) is 11.3. The molecule has 9 heteroatoms. The summed E-state index contributed by atoms with van der Waals surface area (Å²) in [7, 11) is -3.84. The highest BCUT2D eigenvalue weighted by molar-refractivity contribution is 7.92. The Hall–Kier alpha value is -3.07. The number of hydrogen-bond acceptors (Lipinski definition) is 5. The first-order valence-electron chi connectivity index (χ1n) is 12.3. The lowest BCUT2D eigenvalue weighted by molar-refractivity contribution is -0.135. The summed E-state index contributed by atoms with van der Waals surface area (Å²) in [5.41, 5.74) is 2.27. The third-order valence-electron chi connectivity index (χ3n) is 6.51. The Morgan fingerprint density at radius 1 is 0.919 bits per heavy atom. The van der Waals surface area contributed by atoms with Crippen LogP contribution >= 0.6 is 11.6 Å². The van der Waals surface area contributed by atoms with Crippen molar-refractivity contribution >= 4 is 33.2 Å². The zero-order valence-electron chi connectivity index (χ0n) is 21.1. The molecule has 0 aromatic heterocycles. The van der Waals surface area contributed by atoms with Gasteiger partial charge in [0.1, 0.15) is 5.75 Å². The second-order valence-electron chi connectivity index (χ2n) is 9.05. The molecule has 1 amide bonds. The van der Waals surface area contributed by atoms with E-state index in [1.807, 2.05) is 24.0 Å². The number of aryl methyl sites for hydroxylation is 1. The van der Waals surface area contributed by atoms with E-state index in [-0.39, 0.29) is 24.0 Å². The van der Waals surface area contributed by atoms with Gasteiger partial charge in [-0.2, -0.15) is 0 Å². The molecule has 7 nitrogen and oxygen atoms in total. The molecule has 196 valence electrons. The summed E-state index contributed by atoms with van der Waals surface area (Å²) in [6.07, 6.45) is 0. The predicted octanol–water partition coefficient (Wildman–Crippen LogP) is 4.59. The van der Waals surface area contributed by atoms with Crippen LogP contribution in [0.3, 0.4) is 0 Å². The molecule has 37 heavy (non-hydrogen) atoms. The number of sulfonamides is 1. The van der Waals surface area contributed by atoms with Crippen LogP contribution in [0.25, 0.3) is 0 Å². The minimum Gasteiger partial charge on any atom is -0.484 e. The third kappa shape index (κ3) is 6.83. The minimum atomic E-state index is -3.84. The van der Waals surface area contributed by atoms with Gasteiger partial charge in [-0.3, -0.25) is 9.10 Å². The van der Waals surface area contributed by atoms with Crippen LogP contribution in [0.5, 0.6) is 5.75 Å². The zero-order chi connectivity index (χ0) is 26.4. The van der Waals surface area contributed by atoms with Crippen molar-refractivity contribution in [2.75, 3.05) is 43.6 Å². The maximum atomic E-state index is 13.7. The normalized spacial score (nSPS) is 14.4. The van der Waals surface area contributed by atoms with E-state index in [4.69, 9.17) is 16.3 Å². The van der Waals surface area contributed by atoms with Gasteiger partial charge < -0.3 is 14.5 Å². The number of halogens is 1. The third-order valence-corrected chi connectivity index (χ3v) is 8.55. The highest BCUT2D eigenvalue weighted by atomic mass is 35.5. The summed E-state index contributed by atoms with van der Waals surface area (Å²) in [6.45, 7) is 8.24. The molecule has 1 aliphatic rings. The highest BCUT2D eigenvalue weighted by Gasteiger charge is 2.26. The molecule has 1 heterocycles. The molecule has 0 saturated carbocycles. The van der Waals surface area contributed by atoms with Crippen molar-refractivity contribution in [3.05, 3.63) is 88.9 Å². The molecule has 1 aliphatic heterocycles. The van der Waals surface area contributed by atoms with Crippen molar-refractivity contribution in [3.63, 3.8) is 0 Å². The second kappa shape index (κ2) is 12.0. The van der Waals surface area contributed by atoms with Crippen molar-refractivity contribution in [2.45, 2.75) is 25.3 Å². The van der Waals surface area contributed by atoms with Crippen LogP contribution in [0, 0.1) is 6.92 Å². The molecule has 0 N–H and O–H groups in total. The molecule has 0 aliphatic carbocycles. The number of amides is 1. The molecule has 0 unspecified atom stereocenters. The summed E-state index contributed by atoms with van der Waals surface area (Å²) in [5.74, 6) is 0.453. The Morgan fingerprint density at radius 2 is 1.54 bits per heavy atom. The summed E-state index contributed by atoms with van der Waals surface area (Å²) >= 11 is 6.02. The Kier molecular flexibility index (Phi) is 8.74. The number of piperazine rings is 1. The van der Waals surface area contributed by atoms with E-state index in [2.05, 4.69) is 11.8 Å². The number of hydrogen-bond donors (Lipinski definition) is 0. The lowest BCUT2D eigenvalue weighted by Gasteiger charge is -2.33. The summed E-state index contributed by atoms with van der Waals surface area (Å²) in [4.78, 5) is 16.9. The van der Waals surface area contributed by atoms with Crippen molar-refractivity contribution in [2.24, 2.45) is 0 Å². The fraction of sp³-hybridized carbons (Fsp3) is 0.321. The number of benzene rings is 3. The monoisotopic (exact) mass is 541 g/mol. The standard InChI is InChI=1S/C28H32ClN3O4S/c1-3-30-16-18-31(19-17-30)28(33)21-36-26-12-10-25(11-13-26)32(20-23-6-8-24(29)9-7-23)37(34,35)27-14-4-22(2)5-15-27/h4-15H,3,16-21H2,1-2H3. The number of likely N-dealkylation sites (N-methyl/N-ethyl adjacent to an activating group) is 1. The smallest absolute Gasteiger partial charge is 0.264 e. The van der Waals surface area contributed by atoms with Crippen molar-refractivity contribution < 1.29 is 17.9 Å². The first-order chi connectivity index (χ1) is 17.8. The largest absolute Gasteiger partial charge is 0.484 e. The number of rotatable bonds is 9. The van der Waals surface area contributed by atoms with Gasteiger partial charge in [0.05, 0.1) is 17.1 Å². The van der Waals surface area contributed by atoms with Gasteiger partial charge in [0, 0.05) is 31.2 Å². The van der Waals surface area contributed by atoms with Crippen molar-refractivity contribution in [1.29, 1.82) is 0 Å². The number of carbonyl (C=O) groups excluding carboxylic acids is 1. The molecular formula is C28H32ClN3O4S. The Balaban J connectivity index is 1.50. The van der Waals surface area contributed by atoms with E-state index in [0.29, 0.717) is 29.5 Å². The molecular weight excluding hydrogens is 510 g/mol. The fourth-order valence-electron chi connectivity index (χ4n) is 4.17. The van der Waals surface area contributed by atoms with Gasteiger partial charge in [0.25, 0.3) is 15.9 Å². The van der Waals surface area contributed by atoms with Crippen molar-refractivity contribution in [3.8, 4) is 5.75 Å². The molecule has 1 saturated heterocycles. The minimum absolute atomic E-state index is 0.0499. The molecule has 3 aromatic carbocycles. The average Bonchev–Trinajstić information content (AvgIpc) is 2.92. The van der Waals surface area contributed by atoms with Crippen LogP contribution in [-0.4, -0.2) is 63.5 Å². The predicted molar refractivity (Wildman–Crippen MR) is 147 cm³/mol. The SMILES string of the molecule is CCN1CCN(C(=O)COc2ccc(N(Cc3ccc(Cl)cc3)S(=O)(=O)c3ccc(C)cc3)cc2)CC1. The topological polar surface area (TPSA) is 70.2 Å². The van der Waals surface area contributed by atoms with Crippen LogP contribution in [0.2, 0.25) is 5.02 Å². The van der Waals surface area contributed by atoms with Crippen LogP contribution < -0.4 is 9.04 Å². The Morgan fingerprint density at radius 3 is 2.14 bits per heavy atom. The van der Waals surface area contributed by atoms with E-state index >= 15 is 0 Å². The number of nitrogens with zero attached hydrogens (tertiary/aromatic N) is 3. The van der Waals surface area contributed by atoms with E-state index < -0.39 is 10.0 Å². The van der Waals surface area contributed by atoms with E-state index in [9.17, 15) is 13.2 Å². The molecule has 0 radical (unpaired) electrons. The Labute approximate surface area is 224 Å². The van der Waals surface area contributed by atoms with Crippen LogP contribution in [-0.2, 0) is 21.4 Å². The van der Waals surface area contributed by atoms with Crippen LogP contribution in [0.15, 0.2) is 77.7 Å². The molecule has 0 bridgehead atoms. The van der Waals surface area contributed by atoms with Crippen LogP contribution in [0.4, 0.5) is 5.69 Å². The van der Waals surface area contributed by atoms with Gasteiger partial charge in [-0.1, -0.05) is 48.4 Å². The Bertz CT molecular complexity index is 1290. The first kappa shape index (κ1) is 27.0. The molecule has 3 aromatic rings. The quantitative estimate of drug-likeness (QED) is 0.396. The lowest BCUT2D eigenvalue weighted by Crippen LogP contribution is -2.49. The van der Waals surface area contributed by atoms with Gasteiger partial charge in [-0.25, -0.2) is 8.42 Å². The van der Waals surface area contributed by atoms with E-state index in [1.165, 1.54) is 4.31 Å². The van der Waals surface area contributed by atoms with Gasteiger partial charge >= 0.3 is 0 Å². The summed E-state index contributed by atoms with van der Waals surface area (Å²) < 4.78 is 34.4. The number of carbonyl (C=O) groups is 1. The van der Waals surface area contributed by atoms with Crippen LogP contribution in [0.1, 0.15) is 18.1 Å². The van der Waals surface area contributed by atoms with Gasteiger partial charge in [-0.15, -0.1) is 0 Å². The van der Waals surface area contributed by atoms with Crippen molar-refractivity contribution in [1.82, 2.24) is 9.80 Å². The molecule has 1 fully saturated rings. The van der Waals surface area contributed by atoms with Gasteiger partial charge in [0.2, 0.25) is 0 Å². The van der Waals surface area contributed by atoms with Gasteiger partial charge in [-0.05, 0) is 67.6 Å². The van der Waals surface area contributed by atoms with Gasteiger partial charge in [0.15, 0.2) is 6.61 Å². The maximum Gasteiger partial charge on any atom is 0.264 e. The summed E-state index contributed by atoms with van der Waals surface area (Å²) in [6, 6.07) is 20.7. The number of anilines is 1. The zero-order valence-corrected chi connectivity index (χ0v) is 22.7.